The van der Waals surface area contributed by atoms with E-state index in [9.17, 15) is 14.7 Å². The summed E-state index contributed by atoms with van der Waals surface area (Å²) in [5.74, 6) is -0.905. The van der Waals surface area contributed by atoms with Crippen LogP contribution in [0.4, 0.5) is 0 Å². The van der Waals surface area contributed by atoms with Crippen LogP contribution < -0.4 is 108 Å². The average molecular weight is 573 g/mol. The summed E-state index contributed by atoms with van der Waals surface area (Å²) >= 11 is 0. The fourth-order valence-corrected chi connectivity index (χ4v) is 4.50. The Morgan fingerprint density at radius 3 is 0.946 bits per heavy atom. The molecule has 210 valence electrons. The first kappa shape index (κ1) is 46.4. The molecule has 0 aliphatic carbocycles. The maximum absolute atomic E-state index is 10.2. The van der Waals surface area contributed by atoms with Crippen molar-refractivity contribution < 1.29 is 117 Å². The number of unbranched alkanes of at least 4 members (excludes halogenated alkanes) is 25. The van der Waals surface area contributed by atoms with Crippen molar-refractivity contribution in [2.24, 2.45) is 0 Å². The standard InChI is InChI=1S/C16H32O2.C16H31O.2K/c1-2-3-4-5-6-7-8-9-10-11-12-13-14-15-16(17)18;1-2-3-4-5-6-7-8-9-10-11-12-13-14-15-16-17;;/h2-15H2,1H3,(H,17,18);2-15H2,1H3;;/q;-1;2*+1/p-1. The van der Waals surface area contributed by atoms with E-state index in [1.165, 1.54) is 148 Å². The van der Waals surface area contributed by atoms with Crippen LogP contribution in [0, 0.1) is 0 Å². The molecule has 0 aromatic rings. The fourth-order valence-electron chi connectivity index (χ4n) is 4.50. The summed E-state index contributed by atoms with van der Waals surface area (Å²) in [4.78, 5) is 20.2. The first-order chi connectivity index (χ1) is 17.2. The van der Waals surface area contributed by atoms with E-state index in [2.05, 4.69) is 13.8 Å². The van der Waals surface area contributed by atoms with Crippen LogP contribution in [0.25, 0.3) is 0 Å². The van der Waals surface area contributed by atoms with Crippen molar-refractivity contribution in [3.8, 4) is 0 Å². The Bertz CT molecular complexity index is 405. The molecule has 0 unspecified atom stereocenters. The third-order valence-electron chi connectivity index (χ3n) is 6.87. The SMILES string of the molecule is CCCCCCCCCCCCCCCC(=O)[O-].CCCCCCCCCCCCCCC[C-]=O.[K+].[K+]. The van der Waals surface area contributed by atoms with Crippen molar-refractivity contribution in [3.63, 3.8) is 0 Å². The third-order valence-corrected chi connectivity index (χ3v) is 6.87. The Balaban J connectivity index is -0.000000280. The van der Waals surface area contributed by atoms with Crippen molar-refractivity contribution in [1.29, 1.82) is 0 Å². The number of hydrogen-bond acceptors (Lipinski definition) is 3. The van der Waals surface area contributed by atoms with Crippen LogP contribution in [-0.2, 0) is 9.59 Å². The topological polar surface area (TPSA) is 57.2 Å². The van der Waals surface area contributed by atoms with Crippen molar-refractivity contribution in [2.45, 2.75) is 194 Å². The minimum Gasteiger partial charge on any atom is -0.550 e. The maximum atomic E-state index is 10.2. The van der Waals surface area contributed by atoms with E-state index < -0.39 is 5.97 Å². The molecule has 0 aliphatic heterocycles. The monoisotopic (exact) mass is 572 g/mol. The molecule has 0 N–H and O–H groups in total. The second-order valence-electron chi connectivity index (χ2n) is 10.5. The molecule has 0 atom stereocenters. The minimum atomic E-state index is -0.905. The van der Waals surface area contributed by atoms with Gasteiger partial charge in [0.05, 0.1) is 0 Å². The van der Waals surface area contributed by atoms with Gasteiger partial charge >= 0.3 is 103 Å². The molecule has 0 saturated carbocycles. The Kier molecular flexibility index (Phi) is 56.9. The van der Waals surface area contributed by atoms with Crippen LogP contribution in [0.2, 0.25) is 0 Å². The first-order valence-electron chi connectivity index (χ1n) is 15.7. The van der Waals surface area contributed by atoms with E-state index in [0.29, 0.717) is 6.42 Å². The van der Waals surface area contributed by atoms with Crippen LogP contribution in [0.15, 0.2) is 0 Å². The van der Waals surface area contributed by atoms with Crippen molar-refractivity contribution in [2.75, 3.05) is 0 Å². The van der Waals surface area contributed by atoms with Gasteiger partial charge in [-0.3, -0.25) is 6.29 Å². The van der Waals surface area contributed by atoms with Crippen molar-refractivity contribution in [3.05, 3.63) is 0 Å². The Hall–Kier alpha value is 2.41. The predicted molar refractivity (Wildman–Crippen MR) is 151 cm³/mol. The van der Waals surface area contributed by atoms with Crippen molar-refractivity contribution >= 4 is 12.3 Å². The molecular formula is C32H62K2O3. The summed E-state index contributed by atoms with van der Waals surface area (Å²) in [6, 6.07) is 0. The van der Waals surface area contributed by atoms with Gasteiger partial charge < -0.3 is 14.7 Å². The summed E-state index contributed by atoms with van der Waals surface area (Å²) in [6.07, 6.45) is 37.2. The number of carboxylic acid groups (broad SMARTS) is 1. The smallest absolute Gasteiger partial charge is 0.550 e. The normalized spacial score (nSPS) is 10.1. The molecule has 5 heteroatoms. The van der Waals surface area contributed by atoms with Crippen LogP contribution >= 0.6 is 0 Å². The Morgan fingerprint density at radius 2 is 0.703 bits per heavy atom. The molecule has 3 nitrogen and oxygen atoms in total. The molecule has 0 aliphatic rings. The molecular weight excluding hydrogens is 511 g/mol. The molecule has 0 aromatic heterocycles. The van der Waals surface area contributed by atoms with Crippen LogP contribution in [0.3, 0.4) is 0 Å². The Labute approximate surface area is 318 Å². The fraction of sp³-hybridized carbons (Fsp3) is 0.938. The molecule has 0 radical (unpaired) electrons. The van der Waals surface area contributed by atoms with Gasteiger partial charge in [-0.15, -0.1) is 0 Å². The van der Waals surface area contributed by atoms with E-state index in [1.807, 2.05) is 6.29 Å². The molecule has 0 bridgehead atoms. The molecule has 0 spiro atoms. The minimum absolute atomic E-state index is 0. The summed E-state index contributed by atoms with van der Waals surface area (Å²) < 4.78 is 0. The quantitative estimate of drug-likeness (QED) is 0.0814. The number of hydrogen-bond donors (Lipinski definition) is 0. The van der Waals surface area contributed by atoms with E-state index in [-0.39, 0.29) is 109 Å². The predicted octanol–water partition coefficient (Wildman–Crippen LogP) is 3.80. The van der Waals surface area contributed by atoms with Crippen LogP contribution in [0.1, 0.15) is 194 Å². The maximum Gasteiger partial charge on any atom is 1.00 e. The van der Waals surface area contributed by atoms with Gasteiger partial charge in [0.2, 0.25) is 0 Å². The van der Waals surface area contributed by atoms with Gasteiger partial charge in [0.25, 0.3) is 0 Å². The number of carbonyl (C=O) groups is 1. The summed E-state index contributed by atoms with van der Waals surface area (Å²) in [5.41, 5.74) is 0. The van der Waals surface area contributed by atoms with Gasteiger partial charge in [-0.05, 0) is 12.8 Å². The molecule has 0 rings (SSSR count). The zero-order valence-electron chi connectivity index (χ0n) is 26.0. The second kappa shape index (κ2) is 45.4. The number of rotatable bonds is 28. The molecule has 0 fully saturated rings. The zero-order chi connectivity index (χ0) is 26.1. The average Bonchev–Trinajstić information content (AvgIpc) is 2.85. The summed E-state index contributed by atoms with van der Waals surface area (Å²) in [5, 5.41) is 10.2. The second-order valence-corrected chi connectivity index (χ2v) is 10.5. The largest absolute Gasteiger partial charge is 1.00 e. The van der Waals surface area contributed by atoms with Gasteiger partial charge in [-0.1, -0.05) is 174 Å². The molecule has 37 heavy (non-hydrogen) atoms. The van der Waals surface area contributed by atoms with E-state index in [1.54, 1.807) is 0 Å². The summed E-state index contributed by atoms with van der Waals surface area (Å²) in [6.45, 7) is 4.53. The molecule has 0 aromatic carbocycles. The van der Waals surface area contributed by atoms with Gasteiger partial charge in [0.1, 0.15) is 0 Å². The number of carboxylic acids is 1. The molecule has 0 amide bonds. The summed E-state index contributed by atoms with van der Waals surface area (Å²) in [7, 11) is 0. The molecule has 0 saturated heterocycles. The van der Waals surface area contributed by atoms with Crippen LogP contribution in [0.5, 0.6) is 0 Å². The van der Waals surface area contributed by atoms with E-state index >= 15 is 0 Å². The van der Waals surface area contributed by atoms with Crippen LogP contribution in [-0.4, -0.2) is 12.3 Å². The Morgan fingerprint density at radius 1 is 0.459 bits per heavy atom. The van der Waals surface area contributed by atoms with Gasteiger partial charge in [-0.2, -0.15) is 6.42 Å². The van der Waals surface area contributed by atoms with Gasteiger partial charge in [-0.25, -0.2) is 0 Å². The van der Waals surface area contributed by atoms with Crippen molar-refractivity contribution in [1.82, 2.24) is 0 Å². The number of carbonyl (C=O) groups excluding carboxylic acids is 2. The third kappa shape index (κ3) is 51.6. The number of aliphatic carboxylic acids is 1. The first-order valence-corrected chi connectivity index (χ1v) is 15.7. The van der Waals surface area contributed by atoms with E-state index in [0.717, 1.165) is 19.3 Å². The van der Waals surface area contributed by atoms with Gasteiger partial charge in [0.15, 0.2) is 0 Å². The zero-order valence-corrected chi connectivity index (χ0v) is 32.3. The van der Waals surface area contributed by atoms with E-state index in [4.69, 9.17) is 0 Å². The molecule has 0 heterocycles. The van der Waals surface area contributed by atoms with Gasteiger partial charge in [0, 0.05) is 5.97 Å².